The molecule has 0 radical (unpaired) electrons. The molecule has 3 nitrogen and oxygen atoms in total. The predicted octanol–water partition coefficient (Wildman–Crippen LogP) is 3.57. The summed E-state index contributed by atoms with van der Waals surface area (Å²) in [4.78, 5) is 5.05. The summed E-state index contributed by atoms with van der Waals surface area (Å²) in [6.45, 7) is 8.70. The third-order valence-electron chi connectivity index (χ3n) is 4.11. The van der Waals surface area contributed by atoms with Gasteiger partial charge in [-0.3, -0.25) is 0 Å². The number of anilines is 1. The highest BCUT2D eigenvalue weighted by Gasteiger charge is 2.25. The Morgan fingerprint density at radius 2 is 1.85 bits per heavy atom. The van der Waals surface area contributed by atoms with Gasteiger partial charge in [0.05, 0.1) is 5.56 Å². The second kappa shape index (κ2) is 6.08. The highest BCUT2D eigenvalue weighted by Crippen LogP contribution is 2.31. The summed E-state index contributed by atoms with van der Waals surface area (Å²) >= 11 is 5.19. The largest absolute Gasteiger partial charge is 0.389 e. The van der Waals surface area contributed by atoms with Crippen LogP contribution in [0.5, 0.6) is 0 Å². The Labute approximate surface area is 127 Å². The summed E-state index contributed by atoms with van der Waals surface area (Å²) in [6, 6.07) is 2.50. The monoisotopic (exact) mass is 291 g/mol. The molecule has 1 heterocycles. The van der Waals surface area contributed by atoms with E-state index in [0.29, 0.717) is 11.0 Å². The highest BCUT2D eigenvalue weighted by molar-refractivity contribution is 7.80. The van der Waals surface area contributed by atoms with Crippen molar-refractivity contribution < 1.29 is 0 Å². The first kappa shape index (κ1) is 15.2. The first-order chi connectivity index (χ1) is 9.36. The van der Waals surface area contributed by atoms with Gasteiger partial charge in [-0.2, -0.15) is 0 Å². The number of nitrogens with two attached hydrogens (primary N) is 1. The van der Waals surface area contributed by atoms with Crippen molar-refractivity contribution in [2.75, 3.05) is 5.32 Å². The number of pyridine rings is 1. The van der Waals surface area contributed by atoms with Gasteiger partial charge >= 0.3 is 0 Å². The van der Waals surface area contributed by atoms with Gasteiger partial charge in [0.15, 0.2) is 0 Å². The van der Waals surface area contributed by atoms with Crippen LogP contribution in [0, 0.1) is 25.7 Å². The lowest BCUT2D eigenvalue weighted by Crippen LogP contribution is -2.31. The summed E-state index contributed by atoms with van der Waals surface area (Å²) in [5, 5.41) is 3.59. The van der Waals surface area contributed by atoms with Crippen molar-refractivity contribution in [3.05, 3.63) is 22.9 Å². The van der Waals surface area contributed by atoms with Crippen LogP contribution in [-0.2, 0) is 0 Å². The van der Waals surface area contributed by atoms with Crippen LogP contribution in [0.1, 0.15) is 49.9 Å². The summed E-state index contributed by atoms with van der Waals surface area (Å²) in [7, 11) is 0. The zero-order valence-corrected chi connectivity index (χ0v) is 13.7. The maximum Gasteiger partial charge on any atom is 0.136 e. The third-order valence-corrected chi connectivity index (χ3v) is 4.31. The van der Waals surface area contributed by atoms with Crippen LogP contribution in [0.2, 0.25) is 0 Å². The number of thiocarbonyl (C=S) groups is 1. The second-order valence-corrected chi connectivity index (χ2v) is 6.87. The zero-order valence-electron chi connectivity index (χ0n) is 12.9. The molecule has 1 aliphatic carbocycles. The van der Waals surface area contributed by atoms with Crippen molar-refractivity contribution in [1.29, 1.82) is 0 Å². The number of aromatic nitrogens is 1. The van der Waals surface area contributed by atoms with Gasteiger partial charge < -0.3 is 11.1 Å². The van der Waals surface area contributed by atoms with Gasteiger partial charge in [-0.05, 0) is 56.6 Å². The summed E-state index contributed by atoms with van der Waals surface area (Å²) in [6.07, 6.45) is 3.70. The van der Waals surface area contributed by atoms with Crippen LogP contribution in [0.4, 0.5) is 5.82 Å². The number of nitrogens with zero attached hydrogens (tertiary/aromatic N) is 1. The lowest BCUT2D eigenvalue weighted by atomic mass is 9.80. The standard InChI is InChI=1S/C16H25N3S/c1-9-5-10(2)7-13(6-9)19-16-14(15(17)20)11(3)8-12(4)18-16/h8-10,13H,5-7H2,1-4H3,(H2,17,20)(H,18,19). The molecule has 20 heavy (non-hydrogen) atoms. The number of nitrogens with one attached hydrogen (secondary N) is 1. The molecule has 1 aromatic heterocycles. The maximum absolute atomic E-state index is 5.88. The second-order valence-electron chi connectivity index (χ2n) is 6.43. The molecule has 2 unspecified atom stereocenters. The average molecular weight is 291 g/mol. The van der Waals surface area contributed by atoms with Gasteiger partial charge in [-0.15, -0.1) is 0 Å². The molecule has 1 aromatic rings. The van der Waals surface area contributed by atoms with Crippen LogP contribution < -0.4 is 11.1 Å². The van der Waals surface area contributed by atoms with Crippen LogP contribution in [0.25, 0.3) is 0 Å². The van der Waals surface area contributed by atoms with E-state index in [1.54, 1.807) is 0 Å². The van der Waals surface area contributed by atoms with Crippen molar-refractivity contribution in [2.24, 2.45) is 17.6 Å². The molecule has 3 N–H and O–H groups in total. The molecule has 1 saturated carbocycles. The van der Waals surface area contributed by atoms with Crippen molar-refractivity contribution in [2.45, 2.75) is 53.0 Å². The van der Waals surface area contributed by atoms with Crippen molar-refractivity contribution >= 4 is 23.0 Å². The van der Waals surface area contributed by atoms with Crippen LogP contribution >= 0.6 is 12.2 Å². The normalized spacial score (nSPS) is 26.3. The number of rotatable bonds is 3. The average Bonchev–Trinajstić information content (AvgIpc) is 2.25. The molecule has 110 valence electrons. The quantitative estimate of drug-likeness (QED) is 0.836. The van der Waals surface area contributed by atoms with Gasteiger partial charge in [0.1, 0.15) is 10.8 Å². The Hall–Kier alpha value is -1.16. The van der Waals surface area contributed by atoms with Crippen LogP contribution in [0.15, 0.2) is 6.07 Å². The van der Waals surface area contributed by atoms with Crippen LogP contribution in [0.3, 0.4) is 0 Å². The van der Waals surface area contributed by atoms with E-state index in [1.807, 2.05) is 19.9 Å². The van der Waals surface area contributed by atoms with E-state index in [-0.39, 0.29) is 0 Å². The van der Waals surface area contributed by atoms with E-state index < -0.39 is 0 Å². The number of hydrogen-bond donors (Lipinski definition) is 2. The molecule has 1 fully saturated rings. The maximum atomic E-state index is 5.88. The Balaban J connectivity index is 2.26. The van der Waals surface area contributed by atoms with Gasteiger partial charge in [0.25, 0.3) is 0 Å². The number of aryl methyl sites for hydroxylation is 2. The molecule has 1 aliphatic rings. The van der Waals surface area contributed by atoms with E-state index in [2.05, 4.69) is 24.1 Å². The molecule has 0 aliphatic heterocycles. The van der Waals surface area contributed by atoms with E-state index in [0.717, 1.165) is 34.5 Å². The zero-order chi connectivity index (χ0) is 14.9. The Bertz CT molecular complexity index is 503. The van der Waals surface area contributed by atoms with Crippen molar-refractivity contribution in [3.8, 4) is 0 Å². The SMILES string of the molecule is Cc1cc(C)c(C(N)=S)c(NC2CC(C)CC(C)C2)n1. The Morgan fingerprint density at radius 3 is 2.40 bits per heavy atom. The molecular formula is C16H25N3S. The lowest BCUT2D eigenvalue weighted by molar-refractivity contribution is 0.280. The summed E-state index contributed by atoms with van der Waals surface area (Å²) in [5.41, 5.74) is 8.88. The van der Waals surface area contributed by atoms with E-state index >= 15 is 0 Å². The van der Waals surface area contributed by atoms with Crippen LogP contribution in [-0.4, -0.2) is 16.0 Å². The van der Waals surface area contributed by atoms with E-state index in [4.69, 9.17) is 18.0 Å². The minimum atomic E-state index is 0.425. The first-order valence-corrected chi connectivity index (χ1v) is 7.82. The topological polar surface area (TPSA) is 50.9 Å². The first-order valence-electron chi connectivity index (χ1n) is 7.41. The Morgan fingerprint density at radius 1 is 1.25 bits per heavy atom. The van der Waals surface area contributed by atoms with E-state index in [9.17, 15) is 0 Å². The highest BCUT2D eigenvalue weighted by atomic mass is 32.1. The molecule has 2 atom stereocenters. The lowest BCUT2D eigenvalue weighted by Gasteiger charge is -2.33. The smallest absolute Gasteiger partial charge is 0.136 e. The van der Waals surface area contributed by atoms with Gasteiger partial charge in [-0.25, -0.2) is 4.98 Å². The van der Waals surface area contributed by atoms with Crippen molar-refractivity contribution in [1.82, 2.24) is 4.98 Å². The molecule has 4 heteroatoms. The number of hydrogen-bond acceptors (Lipinski definition) is 3. The summed E-state index contributed by atoms with van der Waals surface area (Å²) in [5.74, 6) is 2.38. The van der Waals surface area contributed by atoms with Gasteiger partial charge in [0.2, 0.25) is 0 Å². The fourth-order valence-corrected chi connectivity index (χ4v) is 3.77. The molecular weight excluding hydrogens is 266 g/mol. The minimum absolute atomic E-state index is 0.425. The predicted molar refractivity (Wildman–Crippen MR) is 89.2 cm³/mol. The molecule has 0 amide bonds. The van der Waals surface area contributed by atoms with Crippen molar-refractivity contribution in [3.63, 3.8) is 0 Å². The summed E-state index contributed by atoms with van der Waals surface area (Å²) < 4.78 is 0. The molecule has 0 bridgehead atoms. The fourth-order valence-electron chi connectivity index (χ4n) is 3.51. The molecule has 2 rings (SSSR count). The minimum Gasteiger partial charge on any atom is -0.389 e. The Kier molecular flexibility index (Phi) is 4.63. The van der Waals surface area contributed by atoms with Gasteiger partial charge in [-0.1, -0.05) is 26.1 Å². The molecule has 0 spiro atoms. The molecule has 0 saturated heterocycles. The molecule has 0 aromatic carbocycles. The van der Waals surface area contributed by atoms with E-state index in [1.165, 1.54) is 19.3 Å². The third kappa shape index (κ3) is 3.48. The fraction of sp³-hybridized carbons (Fsp3) is 0.625. The van der Waals surface area contributed by atoms with Gasteiger partial charge in [0, 0.05) is 11.7 Å².